The van der Waals surface area contributed by atoms with Gasteiger partial charge in [-0.05, 0) is 50.0 Å². The fourth-order valence-electron chi connectivity index (χ4n) is 2.27. The van der Waals surface area contributed by atoms with Crippen molar-refractivity contribution in [1.82, 2.24) is 10.6 Å². The molecule has 0 aliphatic carbocycles. The number of halogens is 1. The molecule has 4 nitrogen and oxygen atoms in total. The summed E-state index contributed by atoms with van der Waals surface area (Å²) in [5, 5.41) is 6.85. The van der Waals surface area contributed by atoms with Crippen LogP contribution in [0.1, 0.15) is 23.2 Å². The second kappa shape index (κ2) is 6.78. The fraction of sp³-hybridized carbons (Fsp3) is 0.500. The average molecular weight is 283 g/mol. The lowest BCUT2D eigenvalue weighted by molar-refractivity contribution is 0.0941. The Morgan fingerprint density at radius 1 is 1.47 bits per heavy atom. The zero-order valence-corrected chi connectivity index (χ0v) is 11.8. The van der Waals surface area contributed by atoms with E-state index in [0.717, 1.165) is 25.9 Å². The van der Waals surface area contributed by atoms with Crippen LogP contribution < -0.4 is 15.4 Å². The molecule has 1 aliphatic heterocycles. The van der Waals surface area contributed by atoms with Gasteiger partial charge in [0.25, 0.3) is 5.91 Å². The second-order valence-electron chi connectivity index (χ2n) is 4.75. The van der Waals surface area contributed by atoms with Crippen LogP contribution in [0.15, 0.2) is 18.2 Å². The predicted octanol–water partition coefficient (Wildman–Crippen LogP) is 2.08. The van der Waals surface area contributed by atoms with Crippen LogP contribution in [0.3, 0.4) is 0 Å². The van der Waals surface area contributed by atoms with E-state index in [1.165, 1.54) is 7.11 Å². The second-order valence-corrected chi connectivity index (χ2v) is 5.18. The molecule has 104 valence electrons. The van der Waals surface area contributed by atoms with Crippen molar-refractivity contribution in [1.29, 1.82) is 0 Å². The minimum atomic E-state index is -0.105. The summed E-state index contributed by atoms with van der Waals surface area (Å²) < 4.78 is 5.18. The molecule has 1 fully saturated rings. The maximum atomic E-state index is 12.1. The van der Waals surface area contributed by atoms with Crippen molar-refractivity contribution in [2.24, 2.45) is 5.92 Å². The van der Waals surface area contributed by atoms with E-state index in [4.69, 9.17) is 16.3 Å². The first-order valence-electron chi connectivity index (χ1n) is 6.53. The summed E-state index contributed by atoms with van der Waals surface area (Å²) in [4.78, 5) is 12.1. The van der Waals surface area contributed by atoms with E-state index in [1.54, 1.807) is 18.2 Å². The first-order chi connectivity index (χ1) is 9.20. The molecule has 19 heavy (non-hydrogen) atoms. The Balaban J connectivity index is 1.95. The number of benzene rings is 1. The average Bonchev–Trinajstić information content (AvgIpc) is 2.45. The van der Waals surface area contributed by atoms with Gasteiger partial charge in [0, 0.05) is 11.6 Å². The van der Waals surface area contributed by atoms with Crippen molar-refractivity contribution >= 4 is 17.5 Å². The van der Waals surface area contributed by atoms with Gasteiger partial charge in [-0.25, -0.2) is 0 Å². The van der Waals surface area contributed by atoms with Crippen LogP contribution in [-0.2, 0) is 0 Å². The Bertz CT molecular complexity index is 445. The third-order valence-electron chi connectivity index (χ3n) is 3.42. The van der Waals surface area contributed by atoms with Crippen molar-refractivity contribution < 1.29 is 9.53 Å². The number of methoxy groups -OCH3 is 1. The Hall–Kier alpha value is -1.26. The van der Waals surface area contributed by atoms with E-state index in [0.29, 0.717) is 28.8 Å². The number of rotatable bonds is 4. The number of nitrogens with one attached hydrogen (secondary N) is 2. The van der Waals surface area contributed by atoms with Crippen molar-refractivity contribution in [3.05, 3.63) is 28.8 Å². The van der Waals surface area contributed by atoms with Gasteiger partial charge in [0.1, 0.15) is 5.75 Å². The van der Waals surface area contributed by atoms with E-state index in [2.05, 4.69) is 10.6 Å². The van der Waals surface area contributed by atoms with E-state index in [-0.39, 0.29) is 5.91 Å². The molecule has 0 saturated carbocycles. The summed E-state index contributed by atoms with van der Waals surface area (Å²) in [6.07, 6.45) is 2.22. The van der Waals surface area contributed by atoms with Gasteiger partial charge in [-0.2, -0.15) is 0 Å². The van der Waals surface area contributed by atoms with Gasteiger partial charge in [-0.1, -0.05) is 11.6 Å². The quantitative estimate of drug-likeness (QED) is 0.889. The van der Waals surface area contributed by atoms with Crippen LogP contribution >= 0.6 is 11.6 Å². The molecule has 1 saturated heterocycles. The highest BCUT2D eigenvalue weighted by atomic mass is 35.5. The third-order valence-corrected chi connectivity index (χ3v) is 3.65. The fourth-order valence-corrected chi connectivity index (χ4v) is 2.43. The third kappa shape index (κ3) is 3.85. The molecule has 2 N–H and O–H groups in total. The first kappa shape index (κ1) is 14.2. The van der Waals surface area contributed by atoms with E-state index >= 15 is 0 Å². The molecule has 1 aliphatic rings. The van der Waals surface area contributed by atoms with Gasteiger partial charge in [-0.3, -0.25) is 4.79 Å². The highest BCUT2D eigenvalue weighted by Crippen LogP contribution is 2.23. The Morgan fingerprint density at radius 2 is 2.21 bits per heavy atom. The highest BCUT2D eigenvalue weighted by Gasteiger charge is 2.16. The first-order valence-corrected chi connectivity index (χ1v) is 6.91. The normalized spacial score (nSPS) is 16.1. The molecule has 2 rings (SSSR count). The highest BCUT2D eigenvalue weighted by molar-refractivity contribution is 6.30. The van der Waals surface area contributed by atoms with Gasteiger partial charge < -0.3 is 15.4 Å². The van der Waals surface area contributed by atoms with Gasteiger partial charge >= 0.3 is 0 Å². The predicted molar refractivity (Wildman–Crippen MR) is 75.9 cm³/mol. The van der Waals surface area contributed by atoms with E-state index in [1.807, 2.05) is 0 Å². The number of hydrogen-bond acceptors (Lipinski definition) is 3. The standard InChI is InChI=1S/C14H19ClN2O2/c1-19-13-8-11(15)2-3-12(13)14(18)17-9-10-4-6-16-7-5-10/h2-3,8,10,16H,4-7,9H2,1H3,(H,17,18). The molecule has 0 unspecified atom stereocenters. The minimum Gasteiger partial charge on any atom is -0.496 e. The van der Waals surface area contributed by atoms with Crippen LogP contribution in [0, 0.1) is 5.92 Å². The molecular formula is C14H19ClN2O2. The van der Waals surface area contributed by atoms with E-state index < -0.39 is 0 Å². The van der Waals surface area contributed by atoms with Crippen LogP contribution in [-0.4, -0.2) is 32.7 Å². The topological polar surface area (TPSA) is 50.4 Å². The lowest BCUT2D eigenvalue weighted by Crippen LogP contribution is -2.36. The van der Waals surface area contributed by atoms with Gasteiger partial charge in [-0.15, -0.1) is 0 Å². The van der Waals surface area contributed by atoms with Crippen LogP contribution in [0.5, 0.6) is 5.75 Å². The Morgan fingerprint density at radius 3 is 2.89 bits per heavy atom. The van der Waals surface area contributed by atoms with Gasteiger partial charge in [0.05, 0.1) is 12.7 Å². The Kier molecular flexibility index (Phi) is 5.05. The molecule has 1 heterocycles. The van der Waals surface area contributed by atoms with Crippen LogP contribution in [0.4, 0.5) is 0 Å². The zero-order chi connectivity index (χ0) is 13.7. The Labute approximate surface area is 118 Å². The summed E-state index contributed by atoms with van der Waals surface area (Å²) in [6, 6.07) is 5.05. The number of carbonyl (C=O) groups is 1. The largest absolute Gasteiger partial charge is 0.496 e. The van der Waals surface area contributed by atoms with Gasteiger partial charge in [0.15, 0.2) is 0 Å². The van der Waals surface area contributed by atoms with Crippen molar-refractivity contribution in [3.8, 4) is 5.75 Å². The maximum Gasteiger partial charge on any atom is 0.255 e. The summed E-state index contributed by atoms with van der Waals surface area (Å²) in [7, 11) is 1.54. The molecule has 1 aromatic carbocycles. The summed E-state index contributed by atoms with van der Waals surface area (Å²) in [5.41, 5.74) is 0.529. The molecule has 1 amide bonds. The summed E-state index contributed by atoms with van der Waals surface area (Å²) >= 11 is 5.88. The number of carbonyl (C=O) groups excluding carboxylic acids is 1. The molecule has 0 radical (unpaired) electrons. The van der Waals surface area contributed by atoms with Crippen molar-refractivity contribution in [2.45, 2.75) is 12.8 Å². The molecule has 1 aromatic rings. The number of piperidine rings is 1. The molecule has 0 aromatic heterocycles. The molecule has 0 bridgehead atoms. The molecule has 5 heteroatoms. The van der Waals surface area contributed by atoms with Crippen molar-refractivity contribution in [3.63, 3.8) is 0 Å². The van der Waals surface area contributed by atoms with Crippen LogP contribution in [0.2, 0.25) is 5.02 Å². The minimum absolute atomic E-state index is 0.105. The molecular weight excluding hydrogens is 264 g/mol. The number of amides is 1. The smallest absolute Gasteiger partial charge is 0.255 e. The summed E-state index contributed by atoms with van der Waals surface area (Å²) in [6.45, 7) is 2.78. The lowest BCUT2D eigenvalue weighted by atomic mass is 9.98. The van der Waals surface area contributed by atoms with Crippen molar-refractivity contribution in [2.75, 3.05) is 26.7 Å². The lowest BCUT2D eigenvalue weighted by Gasteiger charge is -2.22. The molecule has 0 atom stereocenters. The number of hydrogen-bond donors (Lipinski definition) is 2. The van der Waals surface area contributed by atoms with Crippen LogP contribution in [0.25, 0.3) is 0 Å². The monoisotopic (exact) mass is 282 g/mol. The van der Waals surface area contributed by atoms with E-state index in [9.17, 15) is 4.79 Å². The SMILES string of the molecule is COc1cc(Cl)ccc1C(=O)NCC1CCNCC1. The maximum absolute atomic E-state index is 12.1. The molecule has 0 spiro atoms. The number of ether oxygens (including phenoxy) is 1. The van der Waals surface area contributed by atoms with Gasteiger partial charge in [0.2, 0.25) is 0 Å². The summed E-state index contributed by atoms with van der Waals surface area (Å²) in [5.74, 6) is 0.964. The zero-order valence-electron chi connectivity index (χ0n) is 11.0.